The van der Waals surface area contributed by atoms with E-state index in [0.29, 0.717) is 5.82 Å². The SMILES string of the molecule is C[C@@H](CO)Nc1cc(Cl)nc(Cl)n1.S. The zero-order valence-electron chi connectivity index (χ0n) is 7.46. The van der Waals surface area contributed by atoms with Crippen LogP contribution < -0.4 is 5.32 Å². The van der Waals surface area contributed by atoms with Crippen LogP contribution in [0.2, 0.25) is 10.4 Å². The van der Waals surface area contributed by atoms with Crippen LogP contribution in [0, 0.1) is 0 Å². The van der Waals surface area contributed by atoms with Crippen LogP contribution in [0.15, 0.2) is 6.07 Å². The Morgan fingerprint density at radius 2 is 2.14 bits per heavy atom. The maximum absolute atomic E-state index is 8.76. The topological polar surface area (TPSA) is 58.0 Å². The number of nitrogens with one attached hydrogen (secondary N) is 1. The summed E-state index contributed by atoms with van der Waals surface area (Å²) in [6, 6.07) is 1.45. The van der Waals surface area contributed by atoms with Gasteiger partial charge >= 0.3 is 0 Å². The van der Waals surface area contributed by atoms with E-state index >= 15 is 0 Å². The highest BCUT2D eigenvalue weighted by Crippen LogP contribution is 2.14. The van der Waals surface area contributed by atoms with Crippen molar-refractivity contribution in [1.29, 1.82) is 0 Å². The summed E-state index contributed by atoms with van der Waals surface area (Å²) >= 11 is 11.2. The number of rotatable bonds is 3. The summed E-state index contributed by atoms with van der Waals surface area (Å²) in [6.07, 6.45) is 0. The monoisotopic (exact) mass is 255 g/mol. The molecule has 0 aliphatic heterocycles. The molecule has 0 aromatic carbocycles. The summed E-state index contributed by atoms with van der Waals surface area (Å²) < 4.78 is 0. The van der Waals surface area contributed by atoms with Crippen molar-refractivity contribution in [3.8, 4) is 0 Å². The number of aromatic nitrogens is 2. The summed E-state index contributed by atoms with van der Waals surface area (Å²) in [5, 5.41) is 12.0. The zero-order valence-corrected chi connectivity index (χ0v) is 9.97. The fraction of sp³-hybridized carbons (Fsp3) is 0.429. The molecule has 0 saturated carbocycles. The van der Waals surface area contributed by atoms with Crippen molar-refractivity contribution in [2.45, 2.75) is 13.0 Å². The first-order chi connectivity index (χ1) is 6.11. The van der Waals surface area contributed by atoms with Gasteiger partial charge in [-0.3, -0.25) is 0 Å². The number of hydrogen-bond donors (Lipinski definition) is 2. The van der Waals surface area contributed by atoms with Crippen molar-refractivity contribution >= 4 is 42.5 Å². The highest BCUT2D eigenvalue weighted by Gasteiger charge is 2.03. The van der Waals surface area contributed by atoms with Gasteiger partial charge in [0.25, 0.3) is 0 Å². The van der Waals surface area contributed by atoms with Crippen molar-refractivity contribution in [3.05, 3.63) is 16.5 Å². The van der Waals surface area contributed by atoms with E-state index in [1.54, 1.807) is 6.07 Å². The molecule has 1 aromatic heterocycles. The fourth-order valence-electron chi connectivity index (χ4n) is 0.762. The highest BCUT2D eigenvalue weighted by atomic mass is 35.5. The van der Waals surface area contributed by atoms with Gasteiger partial charge in [-0.25, -0.2) is 9.97 Å². The lowest BCUT2D eigenvalue weighted by Gasteiger charge is -2.10. The van der Waals surface area contributed by atoms with Gasteiger partial charge in [0.2, 0.25) is 5.28 Å². The van der Waals surface area contributed by atoms with E-state index in [2.05, 4.69) is 15.3 Å². The zero-order chi connectivity index (χ0) is 9.84. The van der Waals surface area contributed by atoms with Crippen molar-refractivity contribution < 1.29 is 5.11 Å². The van der Waals surface area contributed by atoms with Crippen LogP contribution in [-0.4, -0.2) is 27.7 Å². The molecule has 1 heterocycles. The number of nitrogens with zero attached hydrogens (tertiary/aromatic N) is 2. The molecule has 14 heavy (non-hydrogen) atoms. The van der Waals surface area contributed by atoms with Gasteiger partial charge in [-0.2, -0.15) is 13.5 Å². The Bertz CT molecular complexity index is 280. The summed E-state index contributed by atoms with van der Waals surface area (Å²) in [7, 11) is 0. The van der Waals surface area contributed by atoms with E-state index < -0.39 is 0 Å². The summed E-state index contributed by atoms with van der Waals surface area (Å²) in [6.45, 7) is 1.82. The average molecular weight is 256 g/mol. The predicted molar refractivity (Wildman–Crippen MR) is 62.6 cm³/mol. The summed E-state index contributed by atoms with van der Waals surface area (Å²) in [4.78, 5) is 7.55. The molecular weight excluding hydrogens is 245 g/mol. The van der Waals surface area contributed by atoms with Crippen molar-refractivity contribution in [2.75, 3.05) is 11.9 Å². The lowest BCUT2D eigenvalue weighted by molar-refractivity contribution is 0.281. The van der Waals surface area contributed by atoms with Gasteiger partial charge in [0, 0.05) is 12.1 Å². The quantitative estimate of drug-likeness (QED) is 0.638. The Kier molecular flexibility index (Phi) is 6.19. The number of aliphatic hydroxyl groups is 1. The van der Waals surface area contributed by atoms with Crippen LogP contribution in [0.5, 0.6) is 0 Å². The predicted octanol–water partition coefficient (Wildman–Crippen LogP) is 1.69. The fourth-order valence-corrected chi connectivity index (χ4v) is 1.17. The van der Waals surface area contributed by atoms with E-state index in [9.17, 15) is 0 Å². The normalized spacial score (nSPS) is 11.7. The molecule has 80 valence electrons. The number of aliphatic hydroxyl groups excluding tert-OH is 1. The van der Waals surface area contributed by atoms with Crippen LogP contribution in [0.25, 0.3) is 0 Å². The molecular formula is C7H11Cl2N3OS. The average Bonchev–Trinajstić information content (AvgIpc) is 2.02. The van der Waals surface area contributed by atoms with E-state index in [0.717, 1.165) is 0 Å². The maximum atomic E-state index is 8.76. The Balaban J connectivity index is 0.00000169. The Hall–Kier alpha value is -0.230. The second-order valence-electron chi connectivity index (χ2n) is 2.57. The molecule has 0 saturated heterocycles. The minimum atomic E-state index is -0.0953. The van der Waals surface area contributed by atoms with Crippen LogP contribution in [0.4, 0.5) is 5.82 Å². The van der Waals surface area contributed by atoms with Gasteiger partial charge in [-0.1, -0.05) is 11.6 Å². The lowest BCUT2D eigenvalue weighted by Crippen LogP contribution is -2.20. The molecule has 0 aliphatic rings. The molecule has 7 heteroatoms. The molecule has 0 fully saturated rings. The number of halogens is 2. The lowest BCUT2D eigenvalue weighted by atomic mass is 10.3. The van der Waals surface area contributed by atoms with E-state index in [1.807, 2.05) is 6.92 Å². The van der Waals surface area contributed by atoms with E-state index in [4.69, 9.17) is 28.3 Å². The summed E-state index contributed by atoms with van der Waals surface area (Å²) in [5.74, 6) is 0.506. The van der Waals surface area contributed by atoms with Gasteiger partial charge < -0.3 is 10.4 Å². The van der Waals surface area contributed by atoms with Gasteiger partial charge in [0.15, 0.2) is 0 Å². The van der Waals surface area contributed by atoms with Crippen molar-refractivity contribution in [3.63, 3.8) is 0 Å². The number of anilines is 1. The molecule has 0 bridgehead atoms. The van der Waals surface area contributed by atoms with Crippen LogP contribution in [0.1, 0.15) is 6.92 Å². The molecule has 2 N–H and O–H groups in total. The molecule has 0 amide bonds. The highest BCUT2D eigenvalue weighted by molar-refractivity contribution is 7.59. The van der Waals surface area contributed by atoms with E-state index in [-0.39, 0.29) is 36.6 Å². The van der Waals surface area contributed by atoms with Crippen LogP contribution in [0.3, 0.4) is 0 Å². The Labute approximate surface area is 99.1 Å². The minimum absolute atomic E-state index is 0. The molecule has 1 rings (SSSR count). The standard InChI is InChI=1S/C7H9Cl2N3O.H2S/c1-4(3-13)10-6-2-5(8)11-7(9)12-6;/h2,4,13H,3H2,1H3,(H,10,11,12);1H2/t4-;/m0./s1. The van der Waals surface area contributed by atoms with Crippen molar-refractivity contribution in [1.82, 2.24) is 9.97 Å². The van der Waals surface area contributed by atoms with Crippen LogP contribution in [-0.2, 0) is 0 Å². The molecule has 4 nitrogen and oxygen atoms in total. The smallest absolute Gasteiger partial charge is 0.225 e. The first-order valence-electron chi connectivity index (χ1n) is 3.69. The molecule has 0 spiro atoms. The summed E-state index contributed by atoms with van der Waals surface area (Å²) in [5.41, 5.74) is 0. The molecule has 0 unspecified atom stereocenters. The molecule has 0 aliphatic carbocycles. The second-order valence-corrected chi connectivity index (χ2v) is 3.30. The molecule has 1 aromatic rings. The van der Waals surface area contributed by atoms with Gasteiger partial charge in [-0.15, -0.1) is 0 Å². The third-order valence-corrected chi connectivity index (χ3v) is 1.70. The first-order valence-corrected chi connectivity index (χ1v) is 4.45. The van der Waals surface area contributed by atoms with Gasteiger partial charge in [0.05, 0.1) is 6.61 Å². The maximum Gasteiger partial charge on any atom is 0.225 e. The van der Waals surface area contributed by atoms with Gasteiger partial charge in [0.1, 0.15) is 11.0 Å². The third kappa shape index (κ3) is 4.32. The van der Waals surface area contributed by atoms with Gasteiger partial charge in [-0.05, 0) is 18.5 Å². The van der Waals surface area contributed by atoms with Crippen molar-refractivity contribution in [2.24, 2.45) is 0 Å². The third-order valence-electron chi connectivity index (χ3n) is 1.34. The second kappa shape index (κ2) is 6.29. The largest absolute Gasteiger partial charge is 0.394 e. The number of hydrogen-bond acceptors (Lipinski definition) is 4. The Morgan fingerprint density at radius 1 is 1.50 bits per heavy atom. The van der Waals surface area contributed by atoms with E-state index in [1.165, 1.54) is 0 Å². The molecule has 1 atom stereocenters. The molecule has 0 radical (unpaired) electrons. The van der Waals surface area contributed by atoms with Crippen LogP contribution >= 0.6 is 36.7 Å². The first kappa shape index (κ1) is 13.8. The minimum Gasteiger partial charge on any atom is -0.394 e. The Morgan fingerprint density at radius 3 is 2.64 bits per heavy atom.